The number of aromatic nitrogens is 4. The highest BCUT2D eigenvalue weighted by atomic mass is 16.2. The van der Waals surface area contributed by atoms with E-state index in [1.165, 1.54) is 0 Å². The van der Waals surface area contributed by atoms with Crippen molar-refractivity contribution < 1.29 is 14.4 Å². The van der Waals surface area contributed by atoms with Gasteiger partial charge in [-0.15, -0.1) is 0 Å². The second-order valence-electron chi connectivity index (χ2n) is 12.8. The van der Waals surface area contributed by atoms with Crippen LogP contribution in [-0.4, -0.2) is 49.8 Å². The summed E-state index contributed by atoms with van der Waals surface area (Å²) in [6.45, 7) is 4.35. The summed E-state index contributed by atoms with van der Waals surface area (Å²) in [5.74, 6) is 5.24. The molecule has 3 amide bonds. The van der Waals surface area contributed by atoms with Crippen LogP contribution in [0.5, 0.6) is 0 Å². The fourth-order valence-electron chi connectivity index (χ4n) is 6.30. The van der Waals surface area contributed by atoms with Crippen molar-refractivity contribution in [2.24, 2.45) is 7.05 Å². The SMILES string of the molecule is CC(C)c1cc(-c2cccc3cc(-c4ccc(C(=O)NCC#Cc5cccc(N[C@@H]6CCC(=O)NC6=O)c5)nc4)ncc23)cc2c1[nH]c(=O)n2C. The minimum absolute atomic E-state index is 0.119. The smallest absolute Gasteiger partial charge is 0.326 e. The molecule has 0 bridgehead atoms. The molecule has 11 heteroatoms. The van der Waals surface area contributed by atoms with Gasteiger partial charge in [-0.25, -0.2) is 4.79 Å². The molecule has 3 aromatic carbocycles. The van der Waals surface area contributed by atoms with Gasteiger partial charge in [-0.3, -0.25) is 34.2 Å². The Morgan fingerprint density at radius 2 is 1.82 bits per heavy atom. The number of rotatable bonds is 7. The molecule has 1 saturated heterocycles. The first kappa shape index (κ1) is 33.0. The number of pyridine rings is 2. The lowest BCUT2D eigenvalue weighted by Crippen LogP contribution is -2.47. The van der Waals surface area contributed by atoms with Crippen LogP contribution in [0.4, 0.5) is 5.69 Å². The van der Waals surface area contributed by atoms with E-state index in [2.05, 4.69) is 63.7 Å². The van der Waals surface area contributed by atoms with Crippen molar-refractivity contribution in [1.29, 1.82) is 0 Å². The number of anilines is 1. The zero-order valence-corrected chi connectivity index (χ0v) is 28.3. The lowest BCUT2D eigenvalue weighted by molar-refractivity contribution is -0.133. The van der Waals surface area contributed by atoms with Gasteiger partial charge in [-0.1, -0.05) is 50.0 Å². The number of hydrogen-bond acceptors (Lipinski definition) is 7. The Labute approximate surface area is 293 Å². The van der Waals surface area contributed by atoms with E-state index in [0.717, 1.165) is 55.4 Å². The molecule has 1 aliphatic rings. The summed E-state index contributed by atoms with van der Waals surface area (Å²) in [6.07, 6.45) is 4.21. The van der Waals surface area contributed by atoms with E-state index >= 15 is 0 Å². The normalized spacial score (nSPS) is 14.3. The van der Waals surface area contributed by atoms with Crippen LogP contribution < -0.4 is 21.6 Å². The molecule has 11 nitrogen and oxygen atoms in total. The number of nitrogens with one attached hydrogen (secondary N) is 4. The Morgan fingerprint density at radius 3 is 2.61 bits per heavy atom. The molecule has 4 heterocycles. The van der Waals surface area contributed by atoms with Crippen molar-refractivity contribution in [3.63, 3.8) is 0 Å². The maximum Gasteiger partial charge on any atom is 0.326 e. The third-order valence-electron chi connectivity index (χ3n) is 9.05. The molecule has 3 aromatic heterocycles. The number of carbonyl (C=O) groups is 3. The summed E-state index contributed by atoms with van der Waals surface area (Å²) in [5.41, 5.74) is 7.89. The summed E-state index contributed by atoms with van der Waals surface area (Å²) in [5, 5.41) is 10.3. The van der Waals surface area contributed by atoms with Crippen LogP contribution in [0, 0.1) is 11.8 Å². The van der Waals surface area contributed by atoms with Crippen LogP contribution in [-0.2, 0) is 16.6 Å². The summed E-state index contributed by atoms with van der Waals surface area (Å²) in [7, 11) is 1.78. The predicted molar refractivity (Wildman–Crippen MR) is 197 cm³/mol. The van der Waals surface area contributed by atoms with Crippen molar-refractivity contribution in [2.75, 3.05) is 11.9 Å². The first-order chi connectivity index (χ1) is 24.6. The summed E-state index contributed by atoms with van der Waals surface area (Å²) in [6, 6.07) is 22.6. The number of imide groups is 1. The van der Waals surface area contributed by atoms with Gasteiger partial charge in [0.15, 0.2) is 0 Å². The maximum absolute atomic E-state index is 12.8. The molecule has 1 aliphatic heterocycles. The molecule has 1 atom stereocenters. The van der Waals surface area contributed by atoms with Crippen LogP contribution in [0.3, 0.4) is 0 Å². The lowest BCUT2D eigenvalue weighted by atomic mass is 9.93. The molecule has 0 spiro atoms. The molecule has 0 unspecified atom stereocenters. The Morgan fingerprint density at radius 1 is 0.980 bits per heavy atom. The average molecular weight is 678 g/mol. The molecule has 1 fully saturated rings. The standard InChI is InChI=1S/C40H35N7O4/c1-23(2)30-18-27(20-35-37(30)46-40(51)47(35)3)29-11-5-9-25-19-34(43-22-31(25)29)26-12-13-32(42-21-26)38(49)41-16-6-8-24-7-4-10-28(17-24)44-33-14-15-36(48)45-39(33)50/h4-5,7,9-13,17-23,33,44H,14-16H2,1-3H3,(H,41,49)(H,46,51)(H,45,48,50)/t33-/m1/s1. The second-order valence-corrected chi connectivity index (χ2v) is 12.8. The van der Waals surface area contributed by atoms with Crippen molar-refractivity contribution in [2.45, 2.75) is 38.6 Å². The minimum Gasteiger partial charge on any atom is -0.374 e. The van der Waals surface area contributed by atoms with Gasteiger partial charge in [0, 0.05) is 48.1 Å². The highest BCUT2D eigenvalue weighted by Crippen LogP contribution is 2.35. The van der Waals surface area contributed by atoms with Crippen LogP contribution in [0.2, 0.25) is 0 Å². The predicted octanol–water partition coefficient (Wildman–Crippen LogP) is 5.27. The van der Waals surface area contributed by atoms with E-state index in [1.807, 2.05) is 60.8 Å². The van der Waals surface area contributed by atoms with E-state index in [-0.39, 0.29) is 41.6 Å². The molecular formula is C40H35N7O4. The van der Waals surface area contributed by atoms with Gasteiger partial charge in [-0.2, -0.15) is 0 Å². The number of hydrogen-bond donors (Lipinski definition) is 4. The number of carbonyl (C=O) groups excluding carboxylic acids is 3. The molecule has 51 heavy (non-hydrogen) atoms. The Bertz CT molecular complexity index is 2470. The fourth-order valence-corrected chi connectivity index (χ4v) is 6.30. The lowest BCUT2D eigenvalue weighted by Gasteiger charge is -2.22. The van der Waals surface area contributed by atoms with Crippen molar-refractivity contribution in [3.05, 3.63) is 112 Å². The molecular weight excluding hydrogens is 642 g/mol. The first-order valence-electron chi connectivity index (χ1n) is 16.7. The topological polar surface area (TPSA) is 151 Å². The number of fused-ring (bicyclic) bond motifs is 2. The molecule has 6 aromatic rings. The molecule has 0 saturated carbocycles. The van der Waals surface area contributed by atoms with Gasteiger partial charge < -0.3 is 15.6 Å². The largest absolute Gasteiger partial charge is 0.374 e. The molecule has 4 N–H and O–H groups in total. The number of aryl methyl sites for hydroxylation is 1. The van der Waals surface area contributed by atoms with Crippen molar-refractivity contribution in [3.8, 4) is 34.2 Å². The summed E-state index contributed by atoms with van der Waals surface area (Å²) < 4.78 is 1.64. The van der Waals surface area contributed by atoms with Crippen LogP contribution in [0.1, 0.15) is 54.2 Å². The average Bonchev–Trinajstić information content (AvgIpc) is 3.42. The van der Waals surface area contributed by atoms with Gasteiger partial charge in [0.25, 0.3) is 5.91 Å². The number of imidazole rings is 1. The number of aromatic amines is 1. The molecule has 0 radical (unpaired) electrons. The van der Waals surface area contributed by atoms with E-state index in [0.29, 0.717) is 18.4 Å². The van der Waals surface area contributed by atoms with E-state index < -0.39 is 6.04 Å². The van der Waals surface area contributed by atoms with Crippen LogP contribution in [0.15, 0.2) is 90.0 Å². The maximum atomic E-state index is 12.8. The van der Waals surface area contributed by atoms with E-state index in [1.54, 1.807) is 23.9 Å². The first-order valence-corrected chi connectivity index (χ1v) is 16.7. The molecule has 7 rings (SSSR count). The van der Waals surface area contributed by atoms with Crippen LogP contribution >= 0.6 is 0 Å². The zero-order valence-electron chi connectivity index (χ0n) is 28.3. The molecule has 0 aliphatic carbocycles. The summed E-state index contributed by atoms with van der Waals surface area (Å²) >= 11 is 0. The number of piperidine rings is 1. The van der Waals surface area contributed by atoms with E-state index in [4.69, 9.17) is 4.98 Å². The second kappa shape index (κ2) is 13.8. The Hall–Kier alpha value is -6.54. The fraction of sp³-hybridized carbons (Fsp3) is 0.200. The third kappa shape index (κ3) is 6.85. The van der Waals surface area contributed by atoms with Crippen molar-refractivity contribution >= 4 is 45.2 Å². The minimum atomic E-state index is -0.483. The van der Waals surface area contributed by atoms with E-state index in [9.17, 15) is 19.2 Å². The monoisotopic (exact) mass is 677 g/mol. The Balaban J connectivity index is 1.02. The van der Waals surface area contributed by atoms with Gasteiger partial charge >= 0.3 is 5.69 Å². The quantitative estimate of drug-likeness (QED) is 0.133. The highest BCUT2D eigenvalue weighted by molar-refractivity contribution is 6.02. The third-order valence-corrected chi connectivity index (χ3v) is 9.05. The van der Waals surface area contributed by atoms with Gasteiger partial charge in [-0.05, 0) is 82.9 Å². The van der Waals surface area contributed by atoms with Gasteiger partial charge in [0.1, 0.15) is 11.7 Å². The number of nitrogens with zero attached hydrogens (tertiary/aromatic N) is 3. The van der Waals surface area contributed by atoms with Crippen LogP contribution in [0.25, 0.3) is 44.2 Å². The molecule has 254 valence electrons. The zero-order chi connectivity index (χ0) is 35.6. The number of benzene rings is 3. The van der Waals surface area contributed by atoms with Gasteiger partial charge in [0.2, 0.25) is 11.8 Å². The van der Waals surface area contributed by atoms with Gasteiger partial charge in [0.05, 0.1) is 23.3 Å². The number of H-pyrrole nitrogens is 1. The number of amides is 3. The highest BCUT2D eigenvalue weighted by Gasteiger charge is 2.26. The Kier molecular flexibility index (Phi) is 8.90. The summed E-state index contributed by atoms with van der Waals surface area (Å²) in [4.78, 5) is 60.8. The van der Waals surface area contributed by atoms with Crippen molar-refractivity contribution in [1.82, 2.24) is 30.2 Å².